The Kier molecular flexibility index (Phi) is 1.80. The summed E-state index contributed by atoms with van der Waals surface area (Å²) in [5.41, 5.74) is 0.422. The minimum absolute atomic E-state index is 0.273. The molecule has 0 unspecified atom stereocenters. The van der Waals surface area contributed by atoms with Crippen molar-refractivity contribution < 1.29 is 0 Å². The molecule has 0 bridgehead atoms. The van der Waals surface area contributed by atoms with E-state index in [9.17, 15) is 9.59 Å². The average molecular weight is 234 g/mol. The van der Waals surface area contributed by atoms with Gasteiger partial charge in [-0.05, 0) is 11.4 Å². The van der Waals surface area contributed by atoms with E-state index in [2.05, 4.69) is 19.9 Å². The maximum Gasteiger partial charge on any atom is 0.327 e. The number of H-pyrrole nitrogens is 3. The molecule has 0 radical (unpaired) electrons. The lowest BCUT2D eigenvalue weighted by Crippen LogP contribution is -2.21. The minimum atomic E-state index is -0.555. The highest BCUT2D eigenvalue weighted by Gasteiger charge is 2.08. The zero-order chi connectivity index (χ0) is 11.1. The second-order valence-corrected chi connectivity index (χ2v) is 4.01. The van der Waals surface area contributed by atoms with E-state index in [1.165, 1.54) is 11.3 Å². The van der Waals surface area contributed by atoms with Crippen molar-refractivity contribution in [3.8, 4) is 11.4 Å². The summed E-state index contributed by atoms with van der Waals surface area (Å²) in [6.07, 6.45) is 0. The quantitative estimate of drug-likeness (QED) is 0.577. The van der Waals surface area contributed by atoms with Gasteiger partial charge < -0.3 is 4.98 Å². The van der Waals surface area contributed by atoms with Crippen LogP contribution in [0.4, 0.5) is 0 Å². The van der Waals surface area contributed by atoms with E-state index in [-0.39, 0.29) is 11.2 Å². The first-order chi connectivity index (χ1) is 7.74. The largest absolute Gasteiger partial charge is 0.332 e. The summed E-state index contributed by atoms with van der Waals surface area (Å²) >= 11 is 1.53. The summed E-state index contributed by atoms with van der Waals surface area (Å²) in [6, 6.07) is 1.88. The van der Waals surface area contributed by atoms with Crippen molar-refractivity contribution in [2.45, 2.75) is 0 Å². The number of hydrogen-bond donors (Lipinski definition) is 3. The predicted molar refractivity (Wildman–Crippen MR) is 60.6 cm³/mol. The third-order valence-electron chi connectivity index (χ3n) is 2.18. The van der Waals surface area contributed by atoms with Crippen molar-refractivity contribution in [1.82, 2.24) is 19.9 Å². The molecule has 0 atom stereocenters. The number of fused-ring (bicyclic) bond motifs is 1. The number of aromatic amines is 3. The van der Waals surface area contributed by atoms with E-state index in [4.69, 9.17) is 0 Å². The van der Waals surface area contributed by atoms with Crippen LogP contribution in [0.5, 0.6) is 0 Å². The molecule has 6 nitrogen and oxygen atoms in total. The van der Waals surface area contributed by atoms with Gasteiger partial charge in [0.05, 0.1) is 0 Å². The molecule has 0 fully saturated rings. The standard InChI is InChI=1S/C9H6N4O2S/c14-8-5-7(12-9(15)13-8)11-6(10-5)4-1-2-16-3-4/h1-3H,(H3,10,11,12,13,14,15). The van der Waals surface area contributed by atoms with Gasteiger partial charge in [-0.1, -0.05) is 0 Å². The highest BCUT2D eigenvalue weighted by molar-refractivity contribution is 7.08. The molecule has 0 saturated carbocycles. The molecule has 80 valence electrons. The van der Waals surface area contributed by atoms with Gasteiger partial charge in [-0.2, -0.15) is 11.3 Å². The maximum absolute atomic E-state index is 11.4. The van der Waals surface area contributed by atoms with Crippen molar-refractivity contribution in [1.29, 1.82) is 0 Å². The smallest absolute Gasteiger partial charge is 0.327 e. The monoisotopic (exact) mass is 234 g/mol. The van der Waals surface area contributed by atoms with Crippen molar-refractivity contribution in [2.24, 2.45) is 0 Å². The molecule has 0 spiro atoms. The Bertz CT molecular complexity index is 750. The van der Waals surface area contributed by atoms with Gasteiger partial charge >= 0.3 is 5.69 Å². The highest BCUT2D eigenvalue weighted by atomic mass is 32.1. The predicted octanol–water partition coefficient (Wildman–Crippen LogP) is 0.668. The Labute approximate surface area is 92.0 Å². The van der Waals surface area contributed by atoms with Gasteiger partial charge in [-0.15, -0.1) is 0 Å². The van der Waals surface area contributed by atoms with Gasteiger partial charge in [-0.25, -0.2) is 9.78 Å². The number of thiophene rings is 1. The van der Waals surface area contributed by atoms with Crippen LogP contribution in [0.1, 0.15) is 0 Å². The fourth-order valence-corrected chi connectivity index (χ4v) is 2.11. The van der Waals surface area contributed by atoms with Crippen LogP contribution in [0.25, 0.3) is 22.6 Å². The molecule has 0 aliphatic carbocycles. The van der Waals surface area contributed by atoms with Crippen LogP contribution in [0.3, 0.4) is 0 Å². The third kappa shape index (κ3) is 1.29. The molecule has 3 heterocycles. The van der Waals surface area contributed by atoms with E-state index in [1.54, 1.807) is 0 Å². The summed E-state index contributed by atoms with van der Waals surface area (Å²) in [6.45, 7) is 0. The van der Waals surface area contributed by atoms with E-state index < -0.39 is 11.2 Å². The Balaban J connectivity index is 2.36. The summed E-state index contributed by atoms with van der Waals surface area (Å²) in [5, 5.41) is 3.82. The van der Waals surface area contributed by atoms with Crippen LogP contribution in [0.15, 0.2) is 26.4 Å². The Hall–Kier alpha value is -2.15. The number of imidazole rings is 1. The topological polar surface area (TPSA) is 94.4 Å². The molecule has 16 heavy (non-hydrogen) atoms. The number of nitrogens with zero attached hydrogens (tertiary/aromatic N) is 1. The molecular weight excluding hydrogens is 228 g/mol. The van der Waals surface area contributed by atoms with Crippen molar-refractivity contribution >= 4 is 22.5 Å². The van der Waals surface area contributed by atoms with Gasteiger partial charge in [0, 0.05) is 10.9 Å². The second-order valence-electron chi connectivity index (χ2n) is 3.23. The normalized spacial score (nSPS) is 11.0. The Morgan fingerprint density at radius 2 is 2.06 bits per heavy atom. The molecule has 3 rings (SSSR count). The van der Waals surface area contributed by atoms with Crippen molar-refractivity contribution in [3.05, 3.63) is 37.7 Å². The molecule has 0 aliphatic rings. The maximum atomic E-state index is 11.4. The molecule has 3 N–H and O–H groups in total. The summed E-state index contributed by atoms with van der Waals surface area (Å²) in [5.74, 6) is 0.573. The van der Waals surface area contributed by atoms with Crippen LogP contribution >= 0.6 is 11.3 Å². The molecule has 0 amide bonds. The van der Waals surface area contributed by atoms with E-state index in [0.717, 1.165) is 5.56 Å². The second kappa shape index (κ2) is 3.17. The van der Waals surface area contributed by atoms with E-state index >= 15 is 0 Å². The zero-order valence-corrected chi connectivity index (χ0v) is 8.72. The lowest BCUT2D eigenvalue weighted by Gasteiger charge is -1.85. The molecule has 0 saturated heterocycles. The number of nitrogens with one attached hydrogen (secondary N) is 3. The van der Waals surface area contributed by atoms with Crippen LogP contribution in [-0.4, -0.2) is 19.9 Å². The summed E-state index contributed by atoms with van der Waals surface area (Å²) in [4.78, 5) is 34.1. The minimum Gasteiger partial charge on any atom is -0.332 e. The van der Waals surface area contributed by atoms with Gasteiger partial charge in [0.2, 0.25) is 0 Å². The molecule has 7 heteroatoms. The zero-order valence-electron chi connectivity index (χ0n) is 7.90. The fourth-order valence-electron chi connectivity index (χ4n) is 1.47. The Morgan fingerprint density at radius 3 is 2.81 bits per heavy atom. The van der Waals surface area contributed by atoms with Crippen LogP contribution in [-0.2, 0) is 0 Å². The first kappa shape index (κ1) is 9.10. The molecule has 0 aliphatic heterocycles. The summed E-state index contributed by atoms with van der Waals surface area (Å²) < 4.78 is 0. The highest BCUT2D eigenvalue weighted by Crippen LogP contribution is 2.19. The SMILES string of the molecule is O=c1[nH]c(=O)c2[nH]c(-c3ccsc3)nc2[nH]1. The molecule has 0 aromatic carbocycles. The third-order valence-corrected chi connectivity index (χ3v) is 2.87. The van der Waals surface area contributed by atoms with Crippen LogP contribution < -0.4 is 11.2 Å². The summed E-state index contributed by atoms with van der Waals surface area (Å²) in [7, 11) is 0. The number of rotatable bonds is 1. The van der Waals surface area contributed by atoms with Crippen molar-refractivity contribution in [2.75, 3.05) is 0 Å². The lowest BCUT2D eigenvalue weighted by atomic mass is 10.3. The van der Waals surface area contributed by atoms with Gasteiger partial charge in [0.15, 0.2) is 5.65 Å². The van der Waals surface area contributed by atoms with Crippen molar-refractivity contribution in [3.63, 3.8) is 0 Å². The van der Waals surface area contributed by atoms with Crippen LogP contribution in [0.2, 0.25) is 0 Å². The van der Waals surface area contributed by atoms with E-state index in [1.807, 2.05) is 16.8 Å². The van der Waals surface area contributed by atoms with Crippen LogP contribution in [0, 0.1) is 0 Å². The first-order valence-electron chi connectivity index (χ1n) is 4.49. The lowest BCUT2D eigenvalue weighted by molar-refractivity contribution is 1.07. The van der Waals surface area contributed by atoms with E-state index in [0.29, 0.717) is 5.82 Å². The number of aromatic nitrogens is 4. The van der Waals surface area contributed by atoms with Gasteiger partial charge in [0.25, 0.3) is 5.56 Å². The fraction of sp³-hybridized carbons (Fsp3) is 0. The Morgan fingerprint density at radius 1 is 1.19 bits per heavy atom. The average Bonchev–Trinajstić information content (AvgIpc) is 2.82. The first-order valence-corrected chi connectivity index (χ1v) is 5.43. The number of hydrogen-bond acceptors (Lipinski definition) is 4. The van der Waals surface area contributed by atoms with Gasteiger partial charge in [-0.3, -0.25) is 14.8 Å². The molecule has 3 aromatic heterocycles. The van der Waals surface area contributed by atoms with Gasteiger partial charge in [0.1, 0.15) is 11.3 Å². The molecular formula is C9H6N4O2S. The molecule has 3 aromatic rings.